The summed E-state index contributed by atoms with van der Waals surface area (Å²) in [6, 6.07) is 4.59. The fourth-order valence-electron chi connectivity index (χ4n) is 1.35. The molecule has 0 fully saturated rings. The summed E-state index contributed by atoms with van der Waals surface area (Å²) < 4.78 is 23.9. The van der Waals surface area contributed by atoms with Gasteiger partial charge in [0.1, 0.15) is 5.82 Å². The van der Waals surface area contributed by atoms with Gasteiger partial charge in [-0.15, -0.1) is 0 Å². The number of rotatable bonds is 7. The standard InChI is InChI=1S/C14H17BrFNO3/c1-3-19-9-10(14(18)20-4-2)8-17-11-5-6-12(15)13(16)7-11/h5-8,17H,3-4,9H2,1-2H3/b10-8+. The first-order valence-corrected chi connectivity index (χ1v) is 7.03. The quantitative estimate of drug-likeness (QED) is 0.607. The number of nitrogens with one attached hydrogen (secondary N) is 1. The molecular weight excluding hydrogens is 329 g/mol. The molecule has 20 heavy (non-hydrogen) atoms. The van der Waals surface area contributed by atoms with Gasteiger partial charge >= 0.3 is 5.97 Å². The number of ether oxygens (including phenoxy) is 2. The van der Waals surface area contributed by atoms with Gasteiger partial charge in [-0.3, -0.25) is 0 Å². The second-order valence-corrected chi connectivity index (χ2v) is 4.65. The molecule has 0 atom stereocenters. The molecule has 0 unspecified atom stereocenters. The highest BCUT2D eigenvalue weighted by Crippen LogP contribution is 2.19. The zero-order chi connectivity index (χ0) is 15.0. The molecule has 0 aliphatic rings. The van der Waals surface area contributed by atoms with Crippen molar-refractivity contribution in [3.8, 4) is 0 Å². The van der Waals surface area contributed by atoms with Crippen molar-refractivity contribution in [3.05, 3.63) is 40.3 Å². The van der Waals surface area contributed by atoms with Crippen molar-refractivity contribution in [2.75, 3.05) is 25.1 Å². The highest BCUT2D eigenvalue weighted by molar-refractivity contribution is 9.10. The van der Waals surface area contributed by atoms with Gasteiger partial charge in [0.2, 0.25) is 0 Å². The summed E-state index contributed by atoms with van der Waals surface area (Å²) >= 11 is 3.08. The predicted molar refractivity (Wildman–Crippen MR) is 78.9 cm³/mol. The van der Waals surface area contributed by atoms with Gasteiger partial charge in [-0.05, 0) is 48.0 Å². The highest BCUT2D eigenvalue weighted by Gasteiger charge is 2.10. The molecule has 0 bridgehead atoms. The minimum Gasteiger partial charge on any atom is -0.463 e. The van der Waals surface area contributed by atoms with Gasteiger partial charge in [0.25, 0.3) is 0 Å². The molecule has 110 valence electrons. The van der Waals surface area contributed by atoms with Crippen LogP contribution in [-0.2, 0) is 14.3 Å². The molecule has 0 saturated carbocycles. The Morgan fingerprint density at radius 2 is 2.15 bits per heavy atom. The van der Waals surface area contributed by atoms with Crippen LogP contribution in [0.3, 0.4) is 0 Å². The van der Waals surface area contributed by atoms with Crippen LogP contribution in [0, 0.1) is 5.82 Å². The topological polar surface area (TPSA) is 47.6 Å². The predicted octanol–water partition coefficient (Wildman–Crippen LogP) is 3.48. The maximum Gasteiger partial charge on any atom is 0.337 e. The van der Waals surface area contributed by atoms with Gasteiger partial charge < -0.3 is 14.8 Å². The van der Waals surface area contributed by atoms with Gasteiger partial charge in [-0.2, -0.15) is 0 Å². The molecule has 1 aromatic rings. The molecule has 0 amide bonds. The molecule has 0 heterocycles. The van der Waals surface area contributed by atoms with E-state index in [4.69, 9.17) is 9.47 Å². The van der Waals surface area contributed by atoms with Gasteiger partial charge in [0.15, 0.2) is 0 Å². The average Bonchev–Trinajstić information content (AvgIpc) is 2.43. The van der Waals surface area contributed by atoms with E-state index in [2.05, 4.69) is 21.2 Å². The number of carbonyl (C=O) groups excluding carboxylic acids is 1. The van der Waals surface area contributed by atoms with E-state index in [1.54, 1.807) is 19.1 Å². The summed E-state index contributed by atoms with van der Waals surface area (Å²) in [6.45, 7) is 4.48. The van der Waals surface area contributed by atoms with E-state index in [-0.39, 0.29) is 19.0 Å². The van der Waals surface area contributed by atoms with Gasteiger partial charge in [0, 0.05) is 18.5 Å². The Balaban J connectivity index is 2.78. The van der Waals surface area contributed by atoms with Crippen LogP contribution in [0.25, 0.3) is 0 Å². The molecule has 1 rings (SSSR count). The van der Waals surface area contributed by atoms with Crippen molar-refractivity contribution >= 4 is 27.6 Å². The molecule has 0 aliphatic carbocycles. The zero-order valence-electron chi connectivity index (χ0n) is 11.4. The summed E-state index contributed by atoms with van der Waals surface area (Å²) in [5, 5.41) is 2.86. The Labute approximate surface area is 126 Å². The third-order valence-electron chi connectivity index (χ3n) is 2.33. The van der Waals surface area contributed by atoms with E-state index >= 15 is 0 Å². The van der Waals surface area contributed by atoms with Crippen molar-refractivity contribution in [1.82, 2.24) is 0 Å². The van der Waals surface area contributed by atoms with Gasteiger partial charge in [0.05, 0.1) is 23.3 Å². The van der Waals surface area contributed by atoms with Crippen LogP contribution < -0.4 is 5.32 Å². The lowest BCUT2D eigenvalue weighted by Gasteiger charge is -2.08. The SMILES string of the molecule is CCOC/C(=C\Nc1ccc(Br)c(F)c1)C(=O)OCC. The fourth-order valence-corrected chi connectivity index (χ4v) is 1.60. The number of halogens is 2. The van der Waals surface area contributed by atoms with E-state index < -0.39 is 5.97 Å². The van der Waals surface area contributed by atoms with Gasteiger partial charge in [-0.1, -0.05) is 0 Å². The van der Waals surface area contributed by atoms with E-state index in [9.17, 15) is 9.18 Å². The van der Waals surface area contributed by atoms with Gasteiger partial charge in [-0.25, -0.2) is 9.18 Å². The lowest BCUT2D eigenvalue weighted by atomic mass is 10.3. The van der Waals surface area contributed by atoms with Crippen molar-refractivity contribution in [1.29, 1.82) is 0 Å². The molecule has 1 aromatic carbocycles. The molecule has 0 aliphatic heterocycles. The lowest BCUT2D eigenvalue weighted by Crippen LogP contribution is -2.14. The number of esters is 1. The molecule has 0 spiro atoms. The van der Waals surface area contributed by atoms with Crippen molar-refractivity contribution < 1.29 is 18.7 Å². The van der Waals surface area contributed by atoms with Crippen LogP contribution >= 0.6 is 15.9 Å². The monoisotopic (exact) mass is 345 g/mol. The number of hydrogen-bond acceptors (Lipinski definition) is 4. The van der Waals surface area contributed by atoms with Crippen molar-refractivity contribution in [2.24, 2.45) is 0 Å². The van der Waals surface area contributed by atoms with Crippen LogP contribution in [0.5, 0.6) is 0 Å². The van der Waals surface area contributed by atoms with Crippen LogP contribution in [0.15, 0.2) is 34.4 Å². The van der Waals surface area contributed by atoms with Crippen molar-refractivity contribution in [3.63, 3.8) is 0 Å². The molecular formula is C14H17BrFNO3. The normalized spacial score (nSPS) is 11.3. The first-order valence-electron chi connectivity index (χ1n) is 6.24. The minimum absolute atomic E-state index is 0.140. The largest absolute Gasteiger partial charge is 0.463 e. The number of benzene rings is 1. The van der Waals surface area contributed by atoms with Crippen LogP contribution in [0.2, 0.25) is 0 Å². The second kappa shape index (κ2) is 8.71. The van der Waals surface area contributed by atoms with Crippen LogP contribution in [0.1, 0.15) is 13.8 Å². The number of hydrogen-bond donors (Lipinski definition) is 1. The summed E-state index contributed by atoms with van der Waals surface area (Å²) in [4.78, 5) is 11.7. The van der Waals surface area contributed by atoms with Crippen LogP contribution in [-0.4, -0.2) is 25.8 Å². The summed E-state index contributed by atoms with van der Waals surface area (Å²) in [5.41, 5.74) is 0.876. The summed E-state index contributed by atoms with van der Waals surface area (Å²) in [7, 11) is 0. The molecule has 6 heteroatoms. The Bertz CT molecular complexity index is 491. The Morgan fingerprint density at radius 1 is 1.40 bits per heavy atom. The van der Waals surface area contributed by atoms with E-state index in [1.807, 2.05) is 6.92 Å². The second-order valence-electron chi connectivity index (χ2n) is 3.80. The van der Waals surface area contributed by atoms with E-state index in [1.165, 1.54) is 12.3 Å². The molecule has 0 radical (unpaired) electrons. The number of carbonyl (C=O) groups is 1. The van der Waals surface area contributed by atoms with E-state index in [0.717, 1.165) is 0 Å². The Morgan fingerprint density at radius 3 is 2.75 bits per heavy atom. The minimum atomic E-state index is -0.453. The van der Waals surface area contributed by atoms with Crippen molar-refractivity contribution in [2.45, 2.75) is 13.8 Å². The highest BCUT2D eigenvalue weighted by atomic mass is 79.9. The zero-order valence-corrected chi connectivity index (χ0v) is 13.0. The summed E-state index contributed by atoms with van der Waals surface area (Å²) in [5.74, 6) is -0.836. The summed E-state index contributed by atoms with van der Waals surface area (Å²) in [6.07, 6.45) is 1.47. The third-order valence-corrected chi connectivity index (χ3v) is 2.98. The smallest absolute Gasteiger partial charge is 0.337 e. The number of anilines is 1. The molecule has 4 nitrogen and oxygen atoms in total. The lowest BCUT2D eigenvalue weighted by molar-refractivity contribution is -0.139. The molecule has 0 aromatic heterocycles. The van der Waals surface area contributed by atoms with Crippen LogP contribution in [0.4, 0.5) is 10.1 Å². The molecule has 1 N–H and O–H groups in total. The average molecular weight is 346 g/mol. The van der Waals surface area contributed by atoms with E-state index in [0.29, 0.717) is 22.3 Å². The Kier molecular flexibility index (Phi) is 7.25. The maximum absolute atomic E-state index is 13.4. The Hall–Kier alpha value is -1.40. The first kappa shape index (κ1) is 16.7. The third kappa shape index (κ3) is 5.30. The maximum atomic E-state index is 13.4. The first-order chi connectivity index (χ1) is 9.58. The molecule has 0 saturated heterocycles. The fraction of sp³-hybridized carbons (Fsp3) is 0.357.